The number of hydrogen-bond donors (Lipinski definition) is 1. The average molecular weight is 394 g/mol. The number of rotatable bonds is 5. The van der Waals surface area contributed by atoms with E-state index in [4.69, 9.17) is 4.42 Å². The second kappa shape index (κ2) is 8.02. The fourth-order valence-electron chi connectivity index (χ4n) is 4.47. The van der Waals surface area contributed by atoms with E-state index < -0.39 is 0 Å². The normalized spacial score (nSPS) is 17.3. The molecule has 1 aromatic heterocycles. The standard InChI is InChI=1S/C25H27FO3/c1-15-6-11-20-21(12-15)24-22(27)13-18(14-23(24)29-25(20)28)16(2)4-3-5-17-7-9-19(26)10-8-17/h7-10,13-16,27H,3-6,11-12H2,1-2H3. The first-order valence-electron chi connectivity index (χ1n) is 10.5. The molecule has 0 spiro atoms. The summed E-state index contributed by atoms with van der Waals surface area (Å²) in [6.45, 7) is 4.29. The molecule has 1 aliphatic rings. The highest BCUT2D eigenvalue weighted by molar-refractivity contribution is 5.88. The molecule has 0 radical (unpaired) electrons. The van der Waals surface area contributed by atoms with Gasteiger partial charge in [0.05, 0.1) is 5.39 Å². The van der Waals surface area contributed by atoms with E-state index in [0.29, 0.717) is 16.9 Å². The molecule has 29 heavy (non-hydrogen) atoms. The molecule has 152 valence electrons. The number of benzene rings is 2. The molecule has 1 heterocycles. The summed E-state index contributed by atoms with van der Waals surface area (Å²) in [6.07, 6.45) is 5.26. The van der Waals surface area contributed by atoms with Crippen molar-refractivity contribution in [3.63, 3.8) is 0 Å². The molecule has 0 bridgehead atoms. The van der Waals surface area contributed by atoms with Crippen LogP contribution in [0.25, 0.3) is 11.0 Å². The van der Waals surface area contributed by atoms with E-state index in [9.17, 15) is 14.3 Å². The first-order chi connectivity index (χ1) is 13.9. The molecule has 4 rings (SSSR count). The quantitative estimate of drug-likeness (QED) is 0.549. The van der Waals surface area contributed by atoms with E-state index in [0.717, 1.165) is 60.8 Å². The summed E-state index contributed by atoms with van der Waals surface area (Å²) in [7, 11) is 0. The molecule has 3 aromatic rings. The van der Waals surface area contributed by atoms with Crippen molar-refractivity contribution in [3.8, 4) is 5.75 Å². The molecule has 0 amide bonds. The Kier molecular flexibility index (Phi) is 5.44. The van der Waals surface area contributed by atoms with Gasteiger partial charge < -0.3 is 9.52 Å². The third-order valence-corrected chi connectivity index (χ3v) is 6.24. The monoisotopic (exact) mass is 394 g/mol. The van der Waals surface area contributed by atoms with Crippen LogP contribution in [0.2, 0.25) is 0 Å². The van der Waals surface area contributed by atoms with Crippen LogP contribution in [0, 0.1) is 11.7 Å². The molecule has 1 aliphatic carbocycles. The summed E-state index contributed by atoms with van der Waals surface area (Å²) in [6, 6.07) is 10.4. The zero-order valence-electron chi connectivity index (χ0n) is 17.0. The summed E-state index contributed by atoms with van der Waals surface area (Å²) in [5.41, 5.74) is 4.00. The minimum Gasteiger partial charge on any atom is -0.507 e. The number of halogens is 1. The van der Waals surface area contributed by atoms with Crippen molar-refractivity contribution in [1.82, 2.24) is 0 Å². The predicted octanol–water partition coefficient (Wildman–Crippen LogP) is 5.89. The third-order valence-electron chi connectivity index (χ3n) is 6.24. The van der Waals surface area contributed by atoms with Crippen LogP contribution in [0.4, 0.5) is 4.39 Å². The molecule has 2 aromatic carbocycles. The lowest BCUT2D eigenvalue weighted by atomic mass is 9.83. The molecule has 0 saturated carbocycles. The van der Waals surface area contributed by atoms with E-state index in [1.807, 2.05) is 24.3 Å². The van der Waals surface area contributed by atoms with Gasteiger partial charge in [-0.3, -0.25) is 0 Å². The van der Waals surface area contributed by atoms with Crippen molar-refractivity contribution in [2.24, 2.45) is 5.92 Å². The molecule has 2 atom stereocenters. The Bertz CT molecular complexity index is 1080. The minimum absolute atomic E-state index is 0.206. The SMILES string of the molecule is CC1CCc2c(c3c(O)cc(C(C)CCCc4ccc(F)cc4)cc3oc2=O)C1. The molecule has 2 unspecified atom stereocenters. The number of phenolic OH excluding ortho intramolecular Hbond substituents is 1. The molecule has 0 saturated heterocycles. The lowest BCUT2D eigenvalue weighted by Gasteiger charge is -2.22. The average Bonchev–Trinajstić information content (AvgIpc) is 2.68. The van der Waals surface area contributed by atoms with E-state index >= 15 is 0 Å². The Balaban J connectivity index is 1.56. The summed E-state index contributed by atoms with van der Waals surface area (Å²) in [4.78, 5) is 12.5. The summed E-state index contributed by atoms with van der Waals surface area (Å²) in [5.74, 6) is 0.701. The maximum absolute atomic E-state index is 13.0. The number of phenols is 1. The number of aromatic hydroxyl groups is 1. The predicted molar refractivity (Wildman–Crippen MR) is 113 cm³/mol. The first kappa shape index (κ1) is 19.7. The maximum atomic E-state index is 13.0. The van der Waals surface area contributed by atoms with Crippen molar-refractivity contribution >= 4 is 11.0 Å². The Morgan fingerprint density at radius 3 is 2.72 bits per heavy atom. The zero-order valence-corrected chi connectivity index (χ0v) is 17.0. The summed E-state index contributed by atoms with van der Waals surface area (Å²) >= 11 is 0. The van der Waals surface area contributed by atoms with Gasteiger partial charge in [-0.25, -0.2) is 9.18 Å². The van der Waals surface area contributed by atoms with Gasteiger partial charge in [0.1, 0.15) is 17.1 Å². The van der Waals surface area contributed by atoms with Crippen LogP contribution in [0.5, 0.6) is 5.75 Å². The van der Waals surface area contributed by atoms with Gasteiger partial charge in [-0.15, -0.1) is 0 Å². The molecule has 1 N–H and O–H groups in total. The third kappa shape index (κ3) is 4.07. The van der Waals surface area contributed by atoms with Crippen molar-refractivity contribution in [2.75, 3.05) is 0 Å². The second-order valence-corrected chi connectivity index (χ2v) is 8.53. The van der Waals surface area contributed by atoms with Gasteiger partial charge in [-0.05, 0) is 91.3 Å². The van der Waals surface area contributed by atoms with Gasteiger partial charge >= 0.3 is 5.63 Å². The van der Waals surface area contributed by atoms with E-state index in [-0.39, 0.29) is 23.1 Å². The molecule has 0 aliphatic heterocycles. The van der Waals surface area contributed by atoms with Crippen molar-refractivity contribution in [1.29, 1.82) is 0 Å². The Labute approximate surface area is 170 Å². The van der Waals surface area contributed by atoms with Gasteiger partial charge in [-0.2, -0.15) is 0 Å². The van der Waals surface area contributed by atoms with Crippen molar-refractivity contribution in [2.45, 2.75) is 58.3 Å². The Morgan fingerprint density at radius 1 is 1.21 bits per heavy atom. The highest BCUT2D eigenvalue weighted by Crippen LogP contribution is 2.37. The van der Waals surface area contributed by atoms with Gasteiger partial charge in [0.25, 0.3) is 0 Å². The van der Waals surface area contributed by atoms with Crippen LogP contribution in [0.15, 0.2) is 45.6 Å². The minimum atomic E-state index is -0.264. The fourth-order valence-corrected chi connectivity index (χ4v) is 4.47. The maximum Gasteiger partial charge on any atom is 0.339 e. The number of fused-ring (bicyclic) bond motifs is 3. The van der Waals surface area contributed by atoms with Crippen molar-refractivity contribution in [3.05, 3.63) is 74.9 Å². The highest BCUT2D eigenvalue weighted by Gasteiger charge is 2.24. The van der Waals surface area contributed by atoms with Crippen LogP contribution in [-0.2, 0) is 19.3 Å². The fraction of sp³-hybridized carbons (Fsp3) is 0.400. The molecule has 4 heteroatoms. The number of hydrogen-bond acceptors (Lipinski definition) is 3. The van der Waals surface area contributed by atoms with Crippen LogP contribution in [-0.4, -0.2) is 5.11 Å². The lowest BCUT2D eigenvalue weighted by Crippen LogP contribution is -2.20. The Hall–Kier alpha value is -2.62. The Morgan fingerprint density at radius 2 is 1.97 bits per heavy atom. The summed E-state index contributed by atoms with van der Waals surface area (Å²) < 4.78 is 18.6. The van der Waals surface area contributed by atoms with Crippen LogP contribution < -0.4 is 5.63 Å². The van der Waals surface area contributed by atoms with E-state index in [1.54, 1.807) is 0 Å². The molecular formula is C25H27FO3. The topological polar surface area (TPSA) is 50.4 Å². The molecule has 0 fully saturated rings. The molecule has 3 nitrogen and oxygen atoms in total. The van der Waals surface area contributed by atoms with Crippen LogP contribution >= 0.6 is 0 Å². The van der Waals surface area contributed by atoms with Crippen LogP contribution in [0.1, 0.15) is 61.3 Å². The van der Waals surface area contributed by atoms with E-state index in [1.165, 1.54) is 12.1 Å². The van der Waals surface area contributed by atoms with Gasteiger partial charge in [0.15, 0.2) is 0 Å². The van der Waals surface area contributed by atoms with Gasteiger partial charge in [-0.1, -0.05) is 26.0 Å². The van der Waals surface area contributed by atoms with Crippen LogP contribution in [0.3, 0.4) is 0 Å². The molecular weight excluding hydrogens is 367 g/mol. The second-order valence-electron chi connectivity index (χ2n) is 8.53. The number of aryl methyl sites for hydroxylation is 1. The van der Waals surface area contributed by atoms with E-state index in [2.05, 4.69) is 13.8 Å². The smallest absolute Gasteiger partial charge is 0.339 e. The van der Waals surface area contributed by atoms with Crippen molar-refractivity contribution < 1.29 is 13.9 Å². The lowest BCUT2D eigenvalue weighted by molar-refractivity contribution is 0.460. The summed E-state index contributed by atoms with van der Waals surface area (Å²) in [5, 5.41) is 11.5. The van der Waals surface area contributed by atoms with Gasteiger partial charge in [0.2, 0.25) is 0 Å². The largest absolute Gasteiger partial charge is 0.507 e. The highest BCUT2D eigenvalue weighted by atomic mass is 19.1. The first-order valence-corrected chi connectivity index (χ1v) is 10.5. The van der Waals surface area contributed by atoms with Gasteiger partial charge in [0, 0.05) is 5.56 Å². The zero-order chi connectivity index (χ0) is 20.5.